The lowest BCUT2D eigenvalue weighted by molar-refractivity contribution is -0.148. The summed E-state index contributed by atoms with van der Waals surface area (Å²) in [7, 11) is 0. The third kappa shape index (κ3) is 4.03. The molecule has 0 spiro atoms. The fourth-order valence-electron chi connectivity index (χ4n) is 2.24. The number of amides is 2. The van der Waals surface area contributed by atoms with E-state index in [1.807, 2.05) is 0 Å². The molecule has 1 saturated heterocycles. The van der Waals surface area contributed by atoms with Gasteiger partial charge in [-0.1, -0.05) is 0 Å². The summed E-state index contributed by atoms with van der Waals surface area (Å²) < 4.78 is 10.3. The maximum Gasteiger partial charge on any atom is 0.326 e. The van der Waals surface area contributed by atoms with E-state index < -0.39 is 18.0 Å². The monoisotopic (exact) mass is 330 g/mol. The molecule has 2 rings (SSSR count). The number of aliphatic imine (C=N–C) groups is 1. The van der Waals surface area contributed by atoms with E-state index in [1.54, 1.807) is 0 Å². The molecule has 0 saturated carbocycles. The number of hydrogen-bond donors (Lipinski definition) is 2. The van der Waals surface area contributed by atoms with Gasteiger partial charge < -0.3 is 15.2 Å². The molecule has 3 atom stereocenters. The fourth-order valence-corrected chi connectivity index (χ4v) is 3.74. The lowest BCUT2D eigenvalue weighted by Crippen LogP contribution is -2.53. The number of thioether (sulfide) groups is 1. The van der Waals surface area contributed by atoms with Crippen LogP contribution in [0.5, 0.6) is 0 Å². The maximum atomic E-state index is 11.9. The summed E-state index contributed by atoms with van der Waals surface area (Å²) in [5.41, 5.74) is 5.45. The number of ether oxygens (including phenoxy) is 2. The minimum absolute atomic E-state index is 0.0808. The van der Waals surface area contributed by atoms with E-state index >= 15 is 0 Å². The Kier molecular flexibility index (Phi) is 5.11. The summed E-state index contributed by atoms with van der Waals surface area (Å²) in [5.74, 6) is -0.736. The van der Waals surface area contributed by atoms with Gasteiger partial charge in [-0.15, -0.1) is 11.8 Å². The Bertz CT molecular complexity index is 512. The van der Waals surface area contributed by atoms with Crippen molar-refractivity contribution in [1.82, 2.24) is 10.2 Å². The van der Waals surface area contributed by atoms with Gasteiger partial charge in [-0.3, -0.25) is 19.8 Å². The minimum Gasteiger partial charge on any atom is -0.465 e. The van der Waals surface area contributed by atoms with E-state index in [9.17, 15) is 14.4 Å². The average molecular weight is 330 g/mol. The summed E-state index contributed by atoms with van der Waals surface area (Å²) in [5, 5.41) is 1.97. The normalized spacial score (nSPS) is 27.9. The van der Waals surface area contributed by atoms with E-state index in [0.29, 0.717) is 6.42 Å². The largest absolute Gasteiger partial charge is 0.465 e. The number of urea groups is 1. The predicted molar refractivity (Wildman–Crippen MR) is 78.8 cm³/mol. The molecule has 0 unspecified atom stereocenters. The first kappa shape index (κ1) is 16.4. The molecule has 10 heteroatoms. The van der Waals surface area contributed by atoms with Gasteiger partial charge in [0.1, 0.15) is 19.4 Å². The number of guanidine groups is 1. The molecule has 2 amide bonds. The van der Waals surface area contributed by atoms with Gasteiger partial charge in [0.25, 0.3) is 0 Å². The summed E-state index contributed by atoms with van der Waals surface area (Å²) in [4.78, 5) is 39.6. The second-order valence-electron chi connectivity index (χ2n) is 4.90. The zero-order valence-electron chi connectivity index (χ0n) is 12.3. The average Bonchev–Trinajstić information content (AvgIpc) is 2.78. The van der Waals surface area contributed by atoms with Crippen molar-refractivity contribution in [3.63, 3.8) is 0 Å². The van der Waals surface area contributed by atoms with Gasteiger partial charge >= 0.3 is 18.0 Å². The van der Waals surface area contributed by atoms with Crippen molar-refractivity contribution in [2.45, 2.75) is 37.0 Å². The van der Waals surface area contributed by atoms with Crippen molar-refractivity contribution in [3.05, 3.63) is 0 Å². The first-order valence-corrected chi connectivity index (χ1v) is 7.64. The van der Waals surface area contributed by atoms with Crippen molar-refractivity contribution in [2.24, 2.45) is 10.7 Å². The molecule has 0 aromatic rings. The Labute approximate surface area is 131 Å². The molecule has 22 heavy (non-hydrogen) atoms. The first-order valence-electron chi connectivity index (χ1n) is 6.70. The molecule has 0 radical (unpaired) electrons. The molecule has 0 aromatic heterocycles. The number of nitrogens with zero attached hydrogens (tertiary/aromatic N) is 2. The lowest BCUT2D eigenvalue weighted by Gasteiger charge is -2.29. The molecule has 2 aliphatic heterocycles. The third-order valence-electron chi connectivity index (χ3n) is 3.19. The first-order chi connectivity index (χ1) is 10.4. The Balaban J connectivity index is 2.03. The van der Waals surface area contributed by atoms with Crippen LogP contribution in [0.25, 0.3) is 0 Å². The van der Waals surface area contributed by atoms with Gasteiger partial charge in [-0.25, -0.2) is 9.79 Å². The standard InChI is InChI=1S/C12H18N4O5S/c1-6(17)20-4-9-8(21-7(2)18)3-10(22-9)16-5-14-11(13)15-12(16)19/h8-10H,3-5H2,1-2H3,(H3,13,14,15,19)/t8-,9-,10+/m0/s1. The summed E-state index contributed by atoms with van der Waals surface area (Å²) in [6.45, 7) is 2.89. The number of rotatable bonds is 4. The molecule has 0 bridgehead atoms. The summed E-state index contributed by atoms with van der Waals surface area (Å²) in [6, 6.07) is -0.347. The van der Waals surface area contributed by atoms with Crippen LogP contribution >= 0.6 is 11.8 Å². The zero-order chi connectivity index (χ0) is 16.3. The molecule has 0 aliphatic carbocycles. The van der Waals surface area contributed by atoms with Gasteiger partial charge in [-0.05, 0) is 0 Å². The molecule has 2 heterocycles. The Morgan fingerprint density at radius 1 is 1.45 bits per heavy atom. The Morgan fingerprint density at radius 2 is 2.18 bits per heavy atom. The van der Waals surface area contributed by atoms with Crippen LogP contribution < -0.4 is 11.1 Å². The van der Waals surface area contributed by atoms with Crippen molar-refractivity contribution >= 4 is 35.7 Å². The Morgan fingerprint density at radius 3 is 2.77 bits per heavy atom. The SMILES string of the molecule is CC(=O)OC[C@@H]1S[C@@H](N2CN=C(N)NC2=O)C[C@@H]1OC(C)=O. The summed E-state index contributed by atoms with van der Waals surface area (Å²) in [6.07, 6.45) is 0.0156. The van der Waals surface area contributed by atoms with Crippen molar-refractivity contribution < 1.29 is 23.9 Å². The number of esters is 2. The van der Waals surface area contributed by atoms with Crippen LogP contribution in [-0.2, 0) is 19.1 Å². The molecule has 0 aromatic carbocycles. The number of nitrogens with one attached hydrogen (secondary N) is 1. The van der Waals surface area contributed by atoms with Gasteiger partial charge in [-0.2, -0.15) is 0 Å². The van der Waals surface area contributed by atoms with Crippen molar-refractivity contribution in [3.8, 4) is 0 Å². The smallest absolute Gasteiger partial charge is 0.326 e. The molecule has 9 nitrogen and oxygen atoms in total. The molecule has 1 fully saturated rings. The topological polar surface area (TPSA) is 123 Å². The highest BCUT2D eigenvalue weighted by molar-refractivity contribution is 8.00. The van der Waals surface area contributed by atoms with Gasteiger partial charge in [0.05, 0.1) is 10.6 Å². The van der Waals surface area contributed by atoms with Crippen LogP contribution in [0.4, 0.5) is 4.79 Å². The van der Waals surface area contributed by atoms with E-state index in [2.05, 4.69) is 10.3 Å². The van der Waals surface area contributed by atoms with Gasteiger partial charge in [0.2, 0.25) is 0 Å². The highest BCUT2D eigenvalue weighted by Gasteiger charge is 2.42. The lowest BCUT2D eigenvalue weighted by atomic mass is 10.2. The third-order valence-corrected chi connectivity index (χ3v) is 4.74. The van der Waals surface area contributed by atoms with E-state index in [0.717, 1.165) is 0 Å². The minimum atomic E-state index is -0.428. The number of nitrogens with two attached hydrogens (primary N) is 1. The second kappa shape index (κ2) is 6.86. The van der Waals surface area contributed by atoms with Gasteiger partial charge in [0.15, 0.2) is 5.96 Å². The highest BCUT2D eigenvalue weighted by atomic mass is 32.2. The van der Waals surface area contributed by atoms with Crippen molar-refractivity contribution in [1.29, 1.82) is 0 Å². The molecule has 122 valence electrons. The van der Waals surface area contributed by atoms with Crippen LogP contribution in [0.1, 0.15) is 20.3 Å². The summed E-state index contributed by atoms with van der Waals surface area (Å²) >= 11 is 1.41. The zero-order valence-corrected chi connectivity index (χ0v) is 13.1. The van der Waals surface area contributed by atoms with Crippen LogP contribution in [0, 0.1) is 0 Å². The Hall–Kier alpha value is -1.97. The maximum absolute atomic E-state index is 11.9. The molecular formula is C12H18N4O5S. The fraction of sp³-hybridized carbons (Fsp3) is 0.667. The molecular weight excluding hydrogens is 312 g/mol. The number of carbonyl (C=O) groups is 3. The van der Waals surface area contributed by atoms with E-state index in [4.69, 9.17) is 15.2 Å². The predicted octanol–water partition coefficient (Wildman–Crippen LogP) is -0.390. The number of carbonyl (C=O) groups excluding carboxylic acids is 3. The molecule has 2 aliphatic rings. The van der Waals surface area contributed by atoms with Gasteiger partial charge in [0, 0.05) is 20.3 Å². The van der Waals surface area contributed by atoms with Crippen LogP contribution in [0.15, 0.2) is 4.99 Å². The van der Waals surface area contributed by atoms with Crippen molar-refractivity contribution in [2.75, 3.05) is 13.3 Å². The second-order valence-corrected chi connectivity index (χ2v) is 6.32. The van der Waals surface area contributed by atoms with Crippen LogP contribution in [-0.4, -0.2) is 58.8 Å². The van der Waals surface area contributed by atoms with E-state index in [1.165, 1.54) is 30.5 Å². The number of hydrogen-bond acceptors (Lipinski definition) is 8. The van der Waals surface area contributed by atoms with Crippen LogP contribution in [0.3, 0.4) is 0 Å². The highest BCUT2D eigenvalue weighted by Crippen LogP contribution is 2.38. The van der Waals surface area contributed by atoms with E-state index in [-0.39, 0.29) is 35.9 Å². The quantitative estimate of drug-likeness (QED) is 0.673. The van der Waals surface area contributed by atoms with Crippen LogP contribution in [0.2, 0.25) is 0 Å². The molecule has 3 N–H and O–H groups in total.